The van der Waals surface area contributed by atoms with E-state index in [2.05, 4.69) is 0 Å². The number of hydrogen-bond acceptors (Lipinski definition) is 3. The van der Waals surface area contributed by atoms with Gasteiger partial charge >= 0.3 is 0 Å². The van der Waals surface area contributed by atoms with Crippen LogP contribution in [0.15, 0.2) is 0 Å². The number of carbonyl (C=O) groups is 1. The van der Waals surface area contributed by atoms with Crippen molar-refractivity contribution in [3.8, 4) is 0 Å². The van der Waals surface area contributed by atoms with Crippen molar-refractivity contribution in [2.24, 2.45) is 5.73 Å². The lowest BCUT2D eigenvalue weighted by molar-refractivity contribution is -0.140. The van der Waals surface area contributed by atoms with Crippen molar-refractivity contribution in [2.75, 3.05) is 19.7 Å². The van der Waals surface area contributed by atoms with Crippen LogP contribution in [0.5, 0.6) is 0 Å². The fourth-order valence-corrected chi connectivity index (χ4v) is 1.86. The van der Waals surface area contributed by atoms with Crippen LogP contribution in [0.2, 0.25) is 0 Å². The highest BCUT2D eigenvalue weighted by atomic mass is 32.1. The molecule has 0 aromatic heterocycles. The minimum atomic E-state index is -0.272. The zero-order valence-electron chi connectivity index (χ0n) is 9.07. The predicted molar refractivity (Wildman–Crippen MR) is 62.6 cm³/mol. The quantitative estimate of drug-likeness (QED) is 0.706. The molecule has 1 saturated heterocycles. The molecule has 1 heterocycles. The summed E-state index contributed by atoms with van der Waals surface area (Å²) in [5.41, 5.74) is 5.46. The van der Waals surface area contributed by atoms with Gasteiger partial charge in [0.25, 0.3) is 5.91 Å². The third kappa shape index (κ3) is 3.76. The van der Waals surface area contributed by atoms with Crippen LogP contribution in [0.3, 0.4) is 0 Å². The van der Waals surface area contributed by atoms with E-state index in [0.717, 1.165) is 19.3 Å². The molecule has 1 unspecified atom stereocenters. The van der Waals surface area contributed by atoms with Gasteiger partial charge in [0.2, 0.25) is 0 Å². The molecule has 1 rings (SSSR count). The number of thiocarbonyl (C=S) groups is 1. The summed E-state index contributed by atoms with van der Waals surface area (Å²) < 4.78 is 5.35. The molecule has 1 fully saturated rings. The van der Waals surface area contributed by atoms with Crippen LogP contribution in [0, 0.1) is 0 Å². The van der Waals surface area contributed by atoms with Gasteiger partial charge in [-0.2, -0.15) is 0 Å². The van der Waals surface area contributed by atoms with Crippen LogP contribution in [0.1, 0.15) is 26.2 Å². The number of rotatable bonds is 5. The van der Waals surface area contributed by atoms with E-state index in [1.165, 1.54) is 0 Å². The molecule has 1 aliphatic rings. The third-order valence-corrected chi connectivity index (χ3v) is 2.49. The van der Waals surface area contributed by atoms with Gasteiger partial charge in [0.15, 0.2) is 0 Å². The van der Waals surface area contributed by atoms with Crippen LogP contribution in [-0.4, -0.2) is 41.6 Å². The van der Waals surface area contributed by atoms with E-state index in [0.29, 0.717) is 24.7 Å². The summed E-state index contributed by atoms with van der Waals surface area (Å²) >= 11 is 4.82. The average Bonchev–Trinajstić information content (AvgIpc) is 2.68. The maximum Gasteiger partial charge on any atom is 0.252 e. The highest BCUT2D eigenvalue weighted by Gasteiger charge is 2.27. The lowest BCUT2D eigenvalue weighted by Gasteiger charge is -2.24. The van der Waals surface area contributed by atoms with Crippen molar-refractivity contribution in [1.29, 1.82) is 0 Å². The van der Waals surface area contributed by atoms with Crippen molar-refractivity contribution < 1.29 is 9.53 Å². The van der Waals surface area contributed by atoms with Gasteiger partial charge in [-0.15, -0.1) is 0 Å². The second-order valence-electron chi connectivity index (χ2n) is 3.73. The van der Waals surface area contributed by atoms with E-state index in [1.54, 1.807) is 4.90 Å². The van der Waals surface area contributed by atoms with Crippen LogP contribution < -0.4 is 5.73 Å². The topological polar surface area (TPSA) is 55.6 Å². The summed E-state index contributed by atoms with van der Waals surface area (Å²) in [6, 6.07) is 0. The second kappa shape index (κ2) is 6.02. The first-order chi connectivity index (χ1) is 7.15. The fraction of sp³-hybridized carbons (Fsp3) is 0.800. The van der Waals surface area contributed by atoms with E-state index < -0.39 is 0 Å². The standard InChI is InChI=1S/C10H18N2O2S/c1-2-5-12(7-9(11)15)10(13)8-4-3-6-14-8/h8H,2-7H2,1H3,(H2,11,15). The minimum absolute atomic E-state index is 0.0298. The van der Waals surface area contributed by atoms with Gasteiger partial charge in [0.1, 0.15) is 6.10 Å². The Labute approximate surface area is 95.8 Å². The van der Waals surface area contributed by atoms with E-state index >= 15 is 0 Å². The Kier molecular flexibility index (Phi) is 4.98. The van der Waals surface area contributed by atoms with Crippen molar-refractivity contribution in [3.05, 3.63) is 0 Å². The molecule has 1 aliphatic heterocycles. The molecule has 0 bridgehead atoms. The summed E-state index contributed by atoms with van der Waals surface area (Å²) in [6.07, 6.45) is 2.41. The SMILES string of the molecule is CCCN(CC(N)=S)C(=O)C1CCCO1. The van der Waals surface area contributed by atoms with Crippen LogP contribution >= 0.6 is 12.2 Å². The predicted octanol–water partition coefficient (Wildman–Crippen LogP) is 0.690. The monoisotopic (exact) mass is 230 g/mol. The van der Waals surface area contributed by atoms with Gasteiger partial charge in [-0.25, -0.2) is 0 Å². The zero-order chi connectivity index (χ0) is 11.3. The summed E-state index contributed by atoms with van der Waals surface area (Å²) in [6.45, 7) is 3.76. The number of hydrogen-bond donors (Lipinski definition) is 1. The Morgan fingerprint density at radius 2 is 2.40 bits per heavy atom. The van der Waals surface area contributed by atoms with Crippen LogP contribution in [-0.2, 0) is 9.53 Å². The van der Waals surface area contributed by atoms with E-state index in [9.17, 15) is 4.79 Å². The van der Waals surface area contributed by atoms with Crippen molar-refractivity contribution in [2.45, 2.75) is 32.3 Å². The maximum atomic E-state index is 12.0. The Morgan fingerprint density at radius 1 is 1.67 bits per heavy atom. The lowest BCUT2D eigenvalue weighted by atomic mass is 10.2. The van der Waals surface area contributed by atoms with E-state index in [1.807, 2.05) is 6.92 Å². The van der Waals surface area contributed by atoms with Gasteiger partial charge in [0, 0.05) is 13.2 Å². The fourth-order valence-electron chi connectivity index (χ4n) is 1.70. The molecule has 0 aromatic rings. The highest BCUT2D eigenvalue weighted by Crippen LogP contribution is 2.14. The minimum Gasteiger partial charge on any atom is -0.392 e. The largest absolute Gasteiger partial charge is 0.392 e. The Bertz CT molecular complexity index is 240. The maximum absolute atomic E-state index is 12.0. The first kappa shape index (κ1) is 12.4. The lowest BCUT2D eigenvalue weighted by Crippen LogP contribution is -2.43. The number of amides is 1. The molecular weight excluding hydrogens is 212 g/mol. The van der Waals surface area contributed by atoms with Gasteiger partial charge in [-0.3, -0.25) is 4.79 Å². The third-order valence-electron chi connectivity index (χ3n) is 2.36. The molecule has 4 nitrogen and oxygen atoms in total. The molecule has 0 radical (unpaired) electrons. The molecule has 2 N–H and O–H groups in total. The number of carbonyl (C=O) groups excluding carboxylic acids is 1. The number of nitrogens with two attached hydrogens (primary N) is 1. The van der Waals surface area contributed by atoms with Crippen molar-refractivity contribution in [3.63, 3.8) is 0 Å². The molecular formula is C10H18N2O2S. The first-order valence-electron chi connectivity index (χ1n) is 5.33. The Balaban J connectivity index is 2.52. The normalized spacial score (nSPS) is 20.2. The van der Waals surface area contributed by atoms with Gasteiger partial charge in [-0.1, -0.05) is 19.1 Å². The summed E-state index contributed by atoms with van der Waals surface area (Å²) in [4.78, 5) is 14.0. The molecule has 0 spiro atoms. The molecule has 1 atom stereocenters. The first-order valence-corrected chi connectivity index (χ1v) is 5.74. The average molecular weight is 230 g/mol. The highest BCUT2D eigenvalue weighted by molar-refractivity contribution is 7.80. The summed E-state index contributed by atoms with van der Waals surface area (Å²) in [7, 11) is 0. The molecule has 0 aliphatic carbocycles. The Hall–Kier alpha value is -0.680. The van der Waals surface area contributed by atoms with Crippen LogP contribution in [0.4, 0.5) is 0 Å². The van der Waals surface area contributed by atoms with E-state index in [4.69, 9.17) is 22.7 Å². The van der Waals surface area contributed by atoms with E-state index in [-0.39, 0.29) is 12.0 Å². The number of ether oxygens (including phenoxy) is 1. The van der Waals surface area contributed by atoms with Crippen molar-refractivity contribution in [1.82, 2.24) is 4.90 Å². The summed E-state index contributed by atoms with van der Waals surface area (Å²) in [5, 5.41) is 0. The van der Waals surface area contributed by atoms with Crippen LogP contribution in [0.25, 0.3) is 0 Å². The zero-order valence-corrected chi connectivity index (χ0v) is 9.89. The van der Waals surface area contributed by atoms with Gasteiger partial charge in [0.05, 0.1) is 11.5 Å². The van der Waals surface area contributed by atoms with Gasteiger partial charge in [-0.05, 0) is 19.3 Å². The van der Waals surface area contributed by atoms with Gasteiger partial charge < -0.3 is 15.4 Å². The summed E-state index contributed by atoms with van der Waals surface area (Å²) in [5.74, 6) is 0.0298. The molecule has 0 saturated carbocycles. The molecule has 86 valence electrons. The molecule has 15 heavy (non-hydrogen) atoms. The van der Waals surface area contributed by atoms with Crippen molar-refractivity contribution >= 4 is 23.1 Å². The second-order valence-corrected chi connectivity index (χ2v) is 4.25. The smallest absolute Gasteiger partial charge is 0.252 e. The number of nitrogens with zero attached hydrogens (tertiary/aromatic N) is 1. The molecule has 5 heteroatoms. The molecule has 0 aromatic carbocycles. The Morgan fingerprint density at radius 3 is 2.87 bits per heavy atom. The molecule has 1 amide bonds.